The minimum Gasteiger partial charge on any atom is -0.496 e. The lowest BCUT2D eigenvalue weighted by molar-refractivity contribution is 0.101. The molecule has 0 radical (unpaired) electrons. The molecule has 0 aliphatic heterocycles. The number of hydrogen-bond acceptors (Lipinski definition) is 3. The van der Waals surface area contributed by atoms with Crippen molar-refractivity contribution in [3.63, 3.8) is 0 Å². The monoisotopic (exact) mass is 292 g/mol. The van der Waals surface area contributed by atoms with Crippen molar-refractivity contribution in [1.29, 1.82) is 0 Å². The molecule has 0 saturated heterocycles. The lowest BCUT2D eigenvalue weighted by atomic mass is 10.1. The normalized spacial score (nSPS) is 10.3. The van der Waals surface area contributed by atoms with Crippen LogP contribution in [0.15, 0.2) is 36.4 Å². The Morgan fingerprint density at radius 3 is 2.48 bits per heavy atom. The van der Waals surface area contributed by atoms with Crippen molar-refractivity contribution in [2.45, 2.75) is 13.5 Å². The van der Waals surface area contributed by atoms with Crippen LogP contribution in [0.2, 0.25) is 0 Å². The van der Waals surface area contributed by atoms with Crippen molar-refractivity contribution in [3.05, 3.63) is 59.2 Å². The molecular weight excluding hydrogens is 278 g/mol. The van der Waals surface area contributed by atoms with E-state index in [1.807, 2.05) is 0 Å². The van der Waals surface area contributed by atoms with Gasteiger partial charge in [0.05, 0.1) is 7.11 Å². The molecule has 2 aromatic rings. The number of halogens is 2. The van der Waals surface area contributed by atoms with E-state index in [2.05, 4.69) is 0 Å². The van der Waals surface area contributed by atoms with E-state index >= 15 is 0 Å². The van der Waals surface area contributed by atoms with Crippen LogP contribution in [-0.4, -0.2) is 12.9 Å². The predicted molar refractivity (Wildman–Crippen MR) is 73.7 cm³/mol. The van der Waals surface area contributed by atoms with Crippen LogP contribution in [0.25, 0.3) is 0 Å². The highest BCUT2D eigenvalue weighted by molar-refractivity contribution is 5.94. The van der Waals surface area contributed by atoms with E-state index in [-0.39, 0.29) is 18.1 Å². The summed E-state index contributed by atoms with van der Waals surface area (Å²) >= 11 is 0. The average molecular weight is 292 g/mol. The lowest BCUT2D eigenvalue weighted by Crippen LogP contribution is -2.02. The number of ether oxygens (including phenoxy) is 2. The highest BCUT2D eigenvalue weighted by Crippen LogP contribution is 2.23. The molecule has 0 saturated carbocycles. The molecule has 0 amide bonds. The Morgan fingerprint density at radius 2 is 1.86 bits per heavy atom. The fourth-order valence-electron chi connectivity index (χ4n) is 1.84. The van der Waals surface area contributed by atoms with Crippen molar-refractivity contribution in [2.24, 2.45) is 0 Å². The standard InChI is InChI=1S/C16H14F2O3/c1-10(19)11-3-6-16(20-2)12(7-11)9-21-13-4-5-14(17)15(18)8-13/h3-8H,9H2,1-2H3. The van der Waals surface area contributed by atoms with Crippen LogP contribution >= 0.6 is 0 Å². The summed E-state index contributed by atoms with van der Waals surface area (Å²) in [6, 6.07) is 8.27. The molecule has 21 heavy (non-hydrogen) atoms. The third-order valence-electron chi connectivity index (χ3n) is 2.97. The van der Waals surface area contributed by atoms with E-state index in [4.69, 9.17) is 9.47 Å². The van der Waals surface area contributed by atoms with Crippen LogP contribution in [-0.2, 0) is 6.61 Å². The van der Waals surface area contributed by atoms with Gasteiger partial charge in [-0.1, -0.05) is 0 Å². The van der Waals surface area contributed by atoms with Crippen molar-refractivity contribution < 1.29 is 23.0 Å². The van der Waals surface area contributed by atoms with Gasteiger partial charge < -0.3 is 9.47 Å². The number of methoxy groups -OCH3 is 1. The van der Waals surface area contributed by atoms with E-state index in [0.29, 0.717) is 16.9 Å². The molecule has 0 aromatic heterocycles. The van der Waals surface area contributed by atoms with Crippen molar-refractivity contribution in [3.8, 4) is 11.5 Å². The summed E-state index contributed by atoms with van der Waals surface area (Å²) in [7, 11) is 1.50. The Bertz CT molecular complexity index is 669. The molecule has 0 bridgehead atoms. The minimum absolute atomic E-state index is 0.0771. The zero-order valence-electron chi connectivity index (χ0n) is 11.7. The van der Waals surface area contributed by atoms with Crippen molar-refractivity contribution in [2.75, 3.05) is 7.11 Å². The van der Waals surface area contributed by atoms with Gasteiger partial charge in [0, 0.05) is 17.2 Å². The second-order valence-electron chi connectivity index (χ2n) is 4.45. The van der Waals surface area contributed by atoms with Crippen molar-refractivity contribution in [1.82, 2.24) is 0 Å². The maximum Gasteiger partial charge on any atom is 0.162 e. The number of rotatable bonds is 5. The molecule has 110 valence electrons. The second kappa shape index (κ2) is 6.35. The summed E-state index contributed by atoms with van der Waals surface area (Å²) in [6.07, 6.45) is 0. The topological polar surface area (TPSA) is 35.5 Å². The van der Waals surface area contributed by atoms with E-state index in [9.17, 15) is 13.6 Å². The third kappa shape index (κ3) is 3.56. The van der Waals surface area contributed by atoms with Gasteiger partial charge in [0.15, 0.2) is 17.4 Å². The summed E-state index contributed by atoms with van der Waals surface area (Å²) < 4.78 is 36.5. The van der Waals surface area contributed by atoms with Crippen LogP contribution < -0.4 is 9.47 Å². The average Bonchev–Trinajstić information content (AvgIpc) is 2.48. The van der Waals surface area contributed by atoms with Gasteiger partial charge >= 0.3 is 0 Å². The zero-order chi connectivity index (χ0) is 15.4. The molecule has 0 aliphatic rings. The van der Waals surface area contributed by atoms with Crippen LogP contribution in [0.1, 0.15) is 22.8 Å². The summed E-state index contributed by atoms with van der Waals surface area (Å²) in [5.41, 5.74) is 1.18. The number of ketones is 1. The first kappa shape index (κ1) is 15.0. The van der Waals surface area contributed by atoms with Gasteiger partial charge in [-0.25, -0.2) is 8.78 Å². The quantitative estimate of drug-likeness (QED) is 0.787. The SMILES string of the molecule is COc1ccc(C(C)=O)cc1COc1ccc(F)c(F)c1. The second-order valence-corrected chi connectivity index (χ2v) is 4.45. The van der Waals surface area contributed by atoms with Gasteiger partial charge in [-0.3, -0.25) is 4.79 Å². The first-order chi connectivity index (χ1) is 10.0. The fraction of sp³-hybridized carbons (Fsp3) is 0.188. The van der Waals surface area contributed by atoms with Gasteiger partial charge in [-0.05, 0) is 37.3 Å². The molecule has 0 fully saturated rings. The highest BCUT2D eigenvalue weighted by atomic mass is 19.2. The van der Waals surface area contributed by atoms with E-state index in [1.165, 1.54) is 20.1 Å². The van der Waals surface area contributed by atoms with Gasteiger partial charge in [0.25, 0.3) is 0 Å². The van der Waals surface area contributed by atoms with E-state index in [1.54, 1.807) is 18.2 Å². The summed E-state index contributed by atoms with van der Waals surface area (Å²) in [4.78, 5) is 11.4. The van der Waals surface area contributed by atoms with Gasteiger partial charge in [0.2, 0.25) is 0 Å². The maximum atomic E-state index is 13.1. The molecule has 2 rings (SSSR count). The molecule has 0 aliphatic carbocycles. The summed E-state index contributed by atoms with van der Waals surface area (Å²) in [6.45, 7) is 1.54. The van der Waals surface area contributed by atoms with Gasteiger partial charge in [-0.2, -0.15) is 0 Å². The van der Waals surface area contributed by atoms with Crippen LogP contribution in [0.3, 0.4) is 0 Å². The first-order valence-electron chi connectivity index (χ1n) is 6.27. The first-order valence-corrected chi connectivity index (χ1v) is 6.27. The molecule has 0 unspecified atom stereocenters. The van der Waals surface area contributed by atoms with Crippen LogP contribution in [0, 0.1) is 11.6 Å². The van der Waals surface area contributed by atoms with E-state index in [0.717, 1.165) is 12.1 Å². The zero-order valence-corrected chi connectivity index (χ0v) is 11.7. The fourth-order valence-corrected chi connectivity index (χ4v) is 1.84. The molecular formula is C16H14F2O3. The van der Waals surface area contributed by atoms with E-state index < -0.39 is 11.6 Å². The minimum atomic E-state index is -0.975. The number of hydrogen-bond donors (Lipinski definition) is 0. The molecule has 0 N–H and O–H groups in total. The third-order valence-corrected chi connectivity index (χ3v) is 2.97. The largest absolute Gasteiger partial charge is 0.496 e. The Kier molecular flexibility index (Phi) is 4.52. The lowest BCUT2D eigenvalue weighted by Gasteiger charge is -2.11. The van der Waals surface area contributed by atoms with Crippen molar-refractivity contribution >= 4 is 5.78 Å². The van der Waals surface area contributed by atoms with Crippen LogP contribution in [0.4, 0.5) is 8.78 Å². The van der Waals surface area contributed by atoms with Gasteiger partial charge in [0.1, 0.15) is 18.1 Å². The number of Topliss-reactive ketones (excluding diaryl/α,β-unsaturated/α-hetero) is 1. The predicted octanol–water partition coefficient (Wildman–Crippen LogP) is 3.76. The molecule has 2 aromatic carbocycles. The Labute approximate surface area is 121 Å². The molecule has 0 atom stereocenters. The smallest absolute Gasteiger partial charge is 0.162 e. The number of carbonyl (C=O) groups excluding carboxylic acids is 1. The van der Waals surface area contributed by atoms with Gasteiger partial charge in [-0.15, -0.1) is 0 Å². The molecule has 0 spiro atoms. The molecule has 3 nitrogen and oxygen atoms in total. The Hall–Kier alpha value is -2.43. The van der Waals surface area contributed by atoms with Crippen LogP contribution in [0.5, 0.6) is 11.5 Å². The Balaban J connectivity index is 2.19. The summed E-state index contributed by atoms with van der Waals surface area (Å²) in [5, 5.41) is 0. The molecule has 5 heteroatoms. The maximum absolute atomic E-state index is 13.1. The Morgan fingerprint density at radius 1 is 1.10 bits per heavy atom. The molecule has 0 heterocycles. The number of carbonyl (C=O) groups is 1. The number of benzene rings is 2. The summed E-state index contributed by atoms with van der Waals surface area (Å²) in [5.74, 6) is -1.23. The highest BCUT2D eigenvalue weighted by Gasteiger charge is 2.09.